The first kappa shape index (κ1) is 24.7. The molecule has 0 spiro atoms. The number of aromatic nitrogens is 1. The number of sulfonamides is 1. The number of nitrogens with zero attached hydrogens (tertiary/aromatic N) is 2. The number of rotatable bonds is 7. The van der Waals surface area contributed by atoms with Crippen LogP contribution in [0.25, 0.3) is 0 Å². The summed E-state index contributed by atoms with van der Waals surface area (Å²) in [4.78, 5) is 13.9. The lowest BCUT2D eigenvalue weighted by Gasteiger charge is -2.22. The number of amides is 1. The van der Waals surface area contributed by atoms with Crippen molar-refractivity contribution in [2.24, 2.45) is 0 Å². The summed E-state index contributed by atoms with van der Waals surface area (Å²) >= 11 is 6.82. The molecule has 0 aliphatic heterocycles. The number of nitrogens with one attached hydrogen (secondary N) is 1. The molecule has 1 atom stereocenters. The van der Waals surface area contributed by atoms with Gasteiger partial charge in [0, 0.05) is 10.9 Å². The maximum atomic E-state index is 14.8. The van der Waals surface area contributed by atoms with E-state index < -0.39 is 73.0 Å². The first-order valence-corrected chi connectivity index (χ1v) is 11.3. The zero-order chi connectivity index (χ0) is 24.5. The summed E-state index contributed by atoms with van der Waals surface area (Å²) in [5, 5.41) is 11.8. The second-order valence-corrected chi connectivity index (χ2v) is 9.16. The van der Waals surface area contributed by atoms with Crippen LogP contribution in [0.15, 0.2) is 46.1 Å². The molecule has 1 aromatic heterocycles. The van der Waals surface area contributed by atoms with Gasteiger partial charge >= 0.3 is 6.09 Å². The quantitative estimate of drug-likeness (QED) is 0.393. The highest BCUT2D eigenvalue weighted by Crippen LogP contribution is 2.35. The van der Waals surface area contributed by atoms with Gasteiger partial charge in [0.25, 0.3) is 16.4 Å². The maximum Gasteiger partial charge on any atom is 0.427 e. The summed E-state index contributed by atoms with van der Waals surface area (Å²) in [5.74, 6) is -4.25. The lowest BCUT2D eigenvalue weighted by Crippen LogP contribution is -2.36. The average Bonchev–Trinajstić information content (AvgIpc) is 3.23. The molecule has 0 saturated heterocycles. The third-order valence-corrected chi connectivity index (χ3v) is 6.78. The van der Waals surface area contributed by atoms with Crippen molar-refractivity contribution in [1.82, 2.24) is 4.98 Å². The van der Waals surface area contributed by atoms with E-state index in [1.54, 1.807) is 0 Å². The number of thiazole rings is 1. The van der Waals surface area contributed by atoms with Crippen molar-refractivity contribution in [2.45, 2.75) is 17.4 Å². The van der Waals surface area contributed by atoms with E-state index >= 15 is 0 Å². The fourth-order valence-corrected chi connectivity index (χ4v) is 4.95. The van der Waals surface area contributed by atoms with Gasteiger partial charge in [-0.05, 0) is 30.3 Å². The monoisotopic (exact) mass is 527 g/mol. The van der Waals surface area contributed by atoms with Gasteiger partial charge in [-0.2, -0.15) is 0 Å². The smallest absolute Gasteiger partial charge is 0.427 e. The molecule has 0 saturated carbocycles. The minimum Gasteiger partial charge on any atom is -0.464 e. The Balaban J connectivity index is 2.03. The summed E-state index contributed by atoms with van der Waals surface area (Å²) < 4.78 is 94.7. The highest BCUT2D eigenvalue weighted by molar-refractivity contribution is 7.93. The average molecular weight is 528 g/mol. The predicted octanol–water partition coefficient (Wildman–Crippen LogP) is 5.51. The summed E-state index contributed by atoms with van der Waals surface area (Å²) in [7, 11) is -5.07. The van der Waals surface area contributed by atoms with E-state index in [1.807, 2.05) is 0 Å². The Hall–Kier alpha value is -2.97. The van der Waals surface area contributed by atoms with Crippen LogP contribution in [-0.2, 0) is 10.0 Å². The van der Waals surface area contributed by atoms with Crippen LogP contribution < -0.4 is 9.62 Å². The SMILES string of the molecule is O=C(O)N(c1cscn1)S(=O)(=O)c1cc(Cl)c(NC(c2cc(F)ccc2F)C(F)F)cc1F. The fraction of sp³-hybridized carbons (Fsp3) is 0.111. The molecule has 1 amide bonds. The molecule has 0 aliphatic carbocycles. The van der Waals surface area contributed by atoms with Crippen LogP contribution in [0.2, 0.25) is 5.02 Å². The van der Waals surface area contributed by atoms with Gasteiger partial charge in [-0.3, -0.25) is 0 Å². The molecule has 33 heavy (non-hydrogen) atoms. The van der Waals surface area contributed by atoms with Crippen LogP contribution in [-0.4, -0.2) is 31.0 Å². The zero-order valence-electron chi connectivity index (χ0n) is 15.8. The number of benzene rings is 2. The Morgan fingerprint density at radius 3 is 2.42 bits per heavy atom. The maximum absolute atomic E-state index is 14.8. The van der Waals surface area contributed by atoms with Crippen LogP contribution in [0.4, 0.5) is 38.3 Å². The van der Waals surface area contributed by atoms with Crippen LogP contribution >= 0.6 is 22.9 Å². The first-order chi connectivity index (χ1) is 15.4. The van der Waals surface area contributed by atoms with Gasteiger partial charge in [0.05, 0.1) is 16.2 Å². The van der Waals surface area contributed by atoms with E-state index in [4.69, 9.17) is 11.6 Å². The van der Waals surface area contributed by atoms with Crippen molar-refractivity contribution in [2.75, 3.05) is 9.62 Å². The summed E-state index contributed by atoms with van der Waals surface area (Å²) in [5.41, 5.74) is -0.205. The van der Waals surface area contributed by atoms with Crippen molar-refractivity contribution in [3.63, 3.8) is 0 Å². The minimum absolute atomic E-state index is 0.185. The number of hydrogen-bond acceptors (Lipinski definition) is 6. The second kappa shape index (κ2) is 9.49. The highest BCUT2D eigenvalue weighted by atomic mass is 35.5. The van der Waals surface area contributed by atoms with E-state index in [9.17, 15) is 40.3 Å². The van der Waals surface area contributed by atoms with Crippen LogP contribution in [0, 0.1) is 17.5 Å². The molecule has 15 heteroatoms. The number of carboxylic acid groups (broad SMARTS) is 1. The predicted molar refractivity (Wildman–Crippen MR) is 110 cm³/mol. The molecule has 1 heterocycles. The van der Waals surface area contributed by atoms with Crippen LogP contribution in [0.5, 0.6) is 0 Å². The number of hydrogen-bond donors (Lipinski definition) is 2. The number of alkyl halides is 2. The van der Waals surface area contributed by atoms with Crippen molar-refractivity contribution < 1.29 is 40.3 Å². The normalized spacial score (nSPS) is 12.6. The lowest BCUT2D eigenvalue weighted by atomic mass is 10.1. The Bertz CT molecular complexity index is 1290. The molecule has 0 bridgehead atoms. The highest BCUT2D eigenvalue weighted by Gasteiger charge is 2.35. The largest absolute Gasteiger partial charge is 0.464 e. The number of anilines is 2. The third kappa shape index (κ3) is 5.02. The summed E-state index contributed by atoms with van der Waals surface area (Å²) in [6, 6.07) is 0.596. The van der Waals surface area contributed by atoms with E-state index in [1.165, 1.54) is 0 Å². The molecule has 7 nitrogen and oxygen atoms in total. The molecule has 3 rings (SSSR count). The zero-order valence-corrected chi connectivity index (χ0v) is 18.2. The van der Waals surface area contributed by atoms with Crippen molar-refractivity contribution >= 4 is 50.6 Å². The molecule has 3 aromatic rings. The standard InChI is InChI=1S/C18H11ClF5N3O4S2/c19-10-4-14(33(30,31)27(18(28)29)15-6-32-7-25-15)12(22)5-13(10)26-16(17(23)24)9-3-8(20)1-2-11(9)21/h1-7,16-17,26H,(H,28,29). The number of halogens is 6. The van der Waals surface area contributed by atoms with Crippen molar-refractivity contribution in [1.29, 1.82) is 0 Å². The van der Waals surface area contributed by atoms with Gasteiger partial charge in [-0.25, -0.2) is 40.1 Å². The molecule has 0 aliphatic rings. The van der Waals surface area contributed by atoms with Gasteiger partial charge < -0.3 is 10.4 Å². The molecular formula is C18H11ClF5N3O4S2. The van der Waals surface area contributed by atoms with Crippen LogP contribution in [0.3, 0.4) is 0 Å². The molecule has 0 radical (unpaired) electrons. The van der Waals surface area contributed by atoms with E-state index in [2.05, 4.69) is 10.3 Å². The Morgan fingerprint density at radius 1 is 1.15 bits per heavy atom. The Kier molecular flexibility index (Phi) is 7.09. The molecule has 0 fully saturated rings. The topological polar surface area (TPSA) is 99.6 Å². The van der Waals surface area contributed by atoms with Gasteiger partial charge in [0.15, 0.2) is 5.82 Å². The van der Waals surface area contributed by atoms with Crippen LogP contribution in [0.1, 0.15) is 11.6 Å². The van der Waals surface area contributed by atoms with Gasteiger partial charge in [0.2, 0.25) is 0 Å². The van der Waals surface area contributed by atoms with Gasteiger partial charge in [0.1, 0.15) is 28.4 Å². The summed E-state index contributed by atoms with van der Waals surface area (Å²) in [6.45, 7) is 0. The van der Waals surface area contributed by atoms with E-state index in [-0.39, 0.29) is 4.31 Å². The van der Waals surface area contributed by atoms with Gasteiger partial charge in [-0.1, -0.05) is 11.6 Å². The molecular weight excluding hydrogens is 517 g/mol. The Morgan fingerprint density at radius 2 is 1.85 bits per heavy atom. The van der Waals surface area contributed by atoms with Gasteiger partial charge in [-0.15, -0.1) is 15.6 Å². The fourth-order valence-electron chi connectivity index (χ4n) is 2.76. The van der Waals surface area contributed by atoms with Crippen molar-refractivity contribution in [3.05, 3.63) is 69.3 Å². The third-order valence-electron chi connectivity index (χ3n) is 4.20. The van der Waals surface area contributed by atoms with Crippen molar-refractivity contribution in [3.8, 4) is 0 Å². The Labute approximate surface area is 192 Å². The lowest BCUT2D eigenvalue weighted by molar-refractivity contribution is 0.123. The first-order valence-electron chi connectivity index (χ1n) is 8.58. The summed E-state index contributed by atoms with van der Waals surface area (Å²) in [6.07, 6.45) is -5.30. The molecule has 176 valence electrons. The molecule has 1 unspecified atom stereocenters. The van der Waals surface area contributed by atoms with E-state index in [0.717, 1.165) is 22.2 Å². The van der Waals surface area contributed by atoms with E-state index in [0.29, 0.717) is 30.3 Å². The molecule has 2 aromatic carbocycles. The molecule has 2 N–H and O–H groups in total. The minimum atomic E-state index is -5.07. The number of carbonyl (C=O) groups is 1. The second-order valence-electron chi connectivity index (χ2n) is 6.28.